The monoisotopic (exact) mass is 547 g/mol. The van der Waals surface area contributed by atoms with Crippen LogP contribution in [0.4, 0.5) is 13.2 Å². The van der Waals surface area contributed by atoms with E-state index in [9.17, 15) is 23.1 Å². The Morgan fingerprint density at radius 2 is 1.85 bits per heavy atom. The van der Waals surface area contributed by atoms with E-state index < -0.39 is 23.9 Å². The molecule has 2 aromatic heterocycles. The number of hydrogen-bond donors (Lipinski definition) is 2. The molecule has 9 nitrogen and oxygen atoms in total. The van der Waals surface area contributed by atoms with Gasteiger partial charge in [-0.2, -0.15) is 23.3 Å². The van der Waals surface area contributed by atoms with Gasteiger partial charge in [0, 0.05) is 25.1 Å². The fraction of sp³-hybridized carbons (Fsp3) is 0.556. The molecular formula is C27H32F3N5O4. The number of piperidine rings is 1. The largest absolute Gasteiger partial charge is 0.481 e. The van der Waals surface area contributed by atoms with Crippen molar-refractivity contribution in [3.63, 3.8) is 0 Å². The lowest BCUT2D eigenvalue weighted by molar-refractivity contribution is -0.145. The molecule has 1 aliphatic heterocycles. The number of halogens is 3. The second-order valence-electron chi connectivity index (χ2n) is 10.6. The maximum absolute atomic E-state index is 14.1. The highest BCUT2D eigenvalue weighted by atomic mass is 19.4. The van der Waals surface area contributed by atoms with Crippen LogP contribution in [0.15, 0.2) is 35.0 Å². The average molecular weight is 548 g/mol. The molecule has 0 radical (unpaired) electrons. The summed E-state index contributed by atoms with van der Waals surface area (Å²) in [7, 11) is 0. The molecule has 1 saturated carbocycles. The lowest BCUT2D eigenvalue weighted by Gasteiger charge is -2.33. The summed E-state index contributed by atoms with van der Waals surface area (Å²) < 4.78 is 48.5. The van der Waals surface area contributed by atoms with Crippen molar-refractivity contribution in [3.8, 4) is 22.8 Å². The van der Waals surface area contributed by atoms with Crippen LogP contribution in [0.3, 0.4) is 0 Å². The Morgan fingerprint density at radius 1 is 1.10 bits per heavy atom. The zero-order valence-corrected chi connectivity index (χ0v) is 21.5. The van der Waals surface area contributed by atoms with E-state index in [1.807, 2.05) is 0 Å². The molecular weight excluding hydrogens is 515 g/mol. The van der Waals surface area contributed by atoms with Gasteiger partial charge >= 0.3 is 12.1 Å². The van der Waals surface area contributed by atoms with E-state index in [2.05, 4.69) is 20.1 Å². The fourth-order valence-electron chi connectivity index (χ4n) is 5.79. The molecule has 3 aromatic rings. The van der Waals surface area contributed by atoms with Crippen molar-refractivity contribution >= 4 is 5.97 Å². The number of carboxylic acids is 1. The molecule has 39 heavy (non-hydrogen) atoms. The van der Waals surface area contributed by atoms with E-state index in [1.54, 1.807) is 24.3 Å². The number of aromatic nitrogens is 4. The molecule has 2 fully saturated rings. The Balaban J connectivity index is 1.29. The average Bonchev–Trinajstić information content (AvgIpc) is 3.57. The van der Waals surface area contributed by atoms with E-state index in [0.29, 0.717) is 37.1 Å². The number of β-amino-alcohol motifs (C(OH)–C–C–N with tert-alkyl or cyclic N) is 1. The third kappa shape index (κ3) is 6.33. The number of likely N-dealkylation sites (tertiary alicyclic amines) is 1. The maximum atomic E-state index is 14.1. The zero-order chi connectivity index (χ0) is 27.6. The number of nitrogens with zero attached hydrogens (tertiary/aromatic N) is 5. The van der Waals surface area contributed by atoms with Crippen LogP contribution in [0.25, 0.3) is 22.8 Å². The summed E-state index contributed by atoms with van der Waals surface area (Å²) in [6.45, 7) is 1.81. The van der Waals surface area contributed by atoms with Crippen LogP contribution in [-0.4, -0.2) is 60.6 Å². The number of benzene rings is 1. The minimum atomic E-state index is -4.63. The Morgan fingerprint density at radius 3 is 2.54 bits per heavy atom. The first-order chi connectivity index (χ1) is 18.7. The highest BCUT2D eigenvalue weighted by molar-refractivity contribution is 5.67. The number of hydrogen-bond acceptors (Lipinski definition) is 7. The van der Waals surface area contributed by atoms with Crippen molar-refractivity contribution in [2.75, 3.05) is 19.6 Å². The maximum Gasteiger partial charge on any atom is 0.433 e. The van der Waals surface area contributed by atoms with E-state index in [0.717, 1.165) is 49.5 Å². The number of carboxylic acid groups (broad SMARTS) is 1. The van der Waals surface area contributed by atoms with Crippen LogP contribution in [-0.2, 0) is 11.0 Å². The smallest absolute Gasteiger partial charge is 0.433 e. The van der Waals surface area contributed by atoms with E-state index in [1.165, 1.54) is 0 Å². The van der Waals surface area contributed by atoms with Gasteiger partial charge in [-0.05, 0) is 43.7 Å². The van der Waals surface area contributed by atoms with Crippen molar-refractivity contribution in [2.24, 2.45) is 5.92 Å². The SMILES string of the molecule is O=C(O)CC1CCCN(CC(O)c2ccc(-c3noc(-c4cnn(C5CCCCC5)c4C(F)(F)F)n3)cc2)C1. The van der Waals surface area contributed by atoms with Gasteiger partial charge in [-0.3, -0.25) is 9.48 Å². The molecule has 1 aromatic carbocycles. The van der Waals surface area contributed by atoms with Crippen molar-refractivity contribution < 1.29 is 32.7 Å². The standard InChI is InChI=1S/C27H32F3N5O4/c28-27(29,30)24-21(14-31-35(24)20-6-2-1-3-7-20)26-32-25(33-39-26)19-10-8-18(9-11-19)22(36)16-34-12-4-5-17(15-34)13-23(37)38/h8-11,14,17,20,22,36H,1-7,12-13,15-16H2,(H,37,38). The molecule has 2 N–H and O–H groups in total. The number of aliphatic carboxylic acids is 1. The van der Waals surface area contributed by atoms with Crippen LogP contribution in [0.5, 0.6) is 0 Å². The van der Waals surface area contributed by atoms with Crippen LogP contribution < -0.4 is 0 Å². The summed E-state index contributed by atoms with van der Waals surface area (Å²) in [5.41, 5.74) is 0.0950. The molecule has 3 heterocycles. The third-order valence-corrected chi connectivity index (χ3v) is 7.69. The molecule has 2 unspecified atom stereocenters. The zero-order valence-electron chi connectivity index (χ0n) is 21.5. The summed E-state index contributed by atoms with van der Waals surface area (Å²) in [4.78, 5) is 17.3. The molecule has 0 spiro atoms. The van der Waals surface area contributed by atoms with Gasteiger partial charge < -0.3 is 19.6 Å². The van der Waals surface area contributed by atoms with Crippen LogP contribution in [0.1, 0.15) is 74.8 Å². The number of aliphatic hydroxyl groups is 1. The highest BCUT2D eigenvalue weighted by Gasteiger charge is 2.41. The molecule has 1 aliphatic carbocycles. The van der Waals surface area contributed by atoms with Crippen molar-refractivity contribution in [2.45, 2.75) is 69.7 Å². The summed E-state index contributed by atoms with van der Waals surface area (Å²) in [5, 5.41) is 27.8. The van der Waals surface area contributed by atoms with Gasteiger partial charge in [-0.15, -0.1) is 0 Å². The molecule has 2 atom stereocenters. The van der Waals surface area contributed by atoms with Crippen molar-refractivity contribution in [3.05, 3.63) is 41.7 Å². The molecule has 210 valence electrons. The first-order valence-electron chi connectivity index (χ1n) is 13.4. The highest BCUT2D eigenvalue weighted by Crippen LogP contribution is 2.41. The second kappa shape index (κ2) is 11.5. The minimum absolute atomic E-state index is 0.0749. The summed E-state index contributed by atoms with van der Waals surface area (Å²) >= 11 is 0. The topological polar surface area (TPSA) is 118 Å². The molecule has 12 heteroatoms. The summed E-state index contributed by atoms with van der Waals surface area (Å²) in [6.07, 6.45) is 1.68. The molecule has 0 bridgehead atoms. The summed E-state index contributed by atoms with van der Waals surface area (Å²) in [6, 6.07) is 6.51. The first kappa shape index (κ1) is 27.3. The lowest BCUT2D eigenvalue weighted by atomic mass is 9.94. The van der Waals surface area contributed by atoms with E-state index >= 15 is 0 Å². The predicted molar refractivity (Wildman–Crippen MR) is 134 cm³/mol. The summed E-state index contributed by atoms with van der Waals surface area (Å²) in [5.74, 6) is -0.845. The number of aliphatic hydroxyl groups excluding tert-OH is 1. The Hall–Kier alpha value is -3.25. The molecule has 1 saturated heterocycles. The minimum Gasteiger partial charge on any atom is -0.481 e. The number of rotatable bonds is 8. The Kier molecular flexibility index (Phi) is 8.03. The van der Waals surface area contributed by atoms with Gasteiger partial charge in [0.25, 0.3) is 5.89 Å². The van der Waals surface area contributed by atoms with Gasteiger partial charge in [-0.1, -0.05) is 48.7 Å². The molecule has 0 amide bonds. The van der Waals surface area contributed by atoms with Crippen LogP contribution in [0, 0.1) is 5.92 Å². The van der Waals surface area contributed by atoms with Gasteiger partial charge in [0.1, 0.15) is 0 Å². The fourth-order valence-corrected chi connectivity index (χ4v) is 5.79. The van der Waals surface area contributed by atoms with Crippen molar-refractivity contribution in [1.29, 1.82) is 0 Å². The van der Waals surface area contributed by atoms with Crippen molar-refractivity contribution in [1.82, 2.24) is 24.8 Å². The Labute approximate surface area is 223 Å². The van der Waals surface area contributed by atoms with Gasteiger partial charge in [0.05, 0.1) is 23.9 Å². The van der Waals surface area contributed by atoms with Crippen LogP contribution in [0.2, 0.25) is 0 Å². The lowest BCUT2D eigenvalue weighted by Crippen LogP contribution is -2.38. The van der Waals surface area contributed by atoms with E-state index in [4.69, 9.17) is 9.63 Å². The van der Waals surface area contributed by atoms with Gasteiger partial charge in [0.2, 0.25) is 5.82 Å². The molecule has 5 rings (SSSR count). The predicted octanol–water partition coefficient (Wildman–Crippen LogP) is 5.34. The van der Waals surface area contributed by atoms with Gasteiger partial charge in [-0.25, -0.2) is 0 Å². The number of carbonyl (C=O) groups is 1. The third-order valence-electron chi connectivity index (χ3n) is 7.69. The second-order valence-corrected chi connectivity index (χ2v) is 10.6. The molecule has 2 aliphatic rings. The Bertz CT molecular complexity index is 1270. The first-order valence-corrected chi connectivity index (χ1v) is 13.4. The van der Waals surface area contributed by atoms with Gasteiger partial charge in [0.15, 0.2) is 5.69 Å². The number of alkyl halides is 3. The van der Waals surface area contributed by atoms with E-state index in [-0.39, 0.29) is 35.7 Å². The van der Waals surface area contributed by atoms with Crippen LogP contribution >= 0.6 is 0 Å². The normalized spacial score (nSPS) is 20.3. The quantitative estimate of drug-likeness (QED) is 0.388.